The molecule has 2 aliphatic heterocycles. The molecule has 8 heteroatoms. The molecule has 2 aliphatic rings. The van der Waals surface area contributed by atoms with Crippen LogP contribution in [-0.2, 0) is 24.7 Å². The average Bonchev–Trinajstić information content (AvgIpc) is 3.37. The van der Waals surface area contributed by atoms with Gasteiger partial charge in [-0.3, -0.25) is 14.6 Å². The number of piperidine rings is 2. The van der Waals surface area contributed by atoms with Crippen molar-refractivity contribution < 1.29 is 18.8 Å². The minimum absolute atomic E-state index is 0.0234. The lowest BCUT2D eigenvalue weighted by molar-refractivity contribution is -0.104. The Bertz CT molecular complexity index is 2490. The summed E-state index contributed by atoms with van der Waals surface area (Å²) in [7, 11) is -3.96. The largest absolute Gasteiger partial charge is 0.410 e. The molecule has 2 saturated heterocycles. The zero-order valence-electron chi connectivity index (χ0n) is 44.7. The number of carbonyl (C=O) groups is 1. The van der Waals surface area contributed by atoms with Crippen molar-refractivity contribution in [2.75, 3.05) is 32.8 Å². The number of aliphatic hydroxyl groups excluding tert-OH is 1. The van der Waals surface area contributed by atoms with Gasteiger partial charge in [-0.1, -0.05) is 230 Å². The maximum Gasteiger partial charge on any atom is 0.192 e. The van der Waals surface area contributed by atoms with Gasteiger partial charge in [0.05, 0.1) is 29.9 Å². The van der Waals surface area contributed by atoms with Gasteiger partial charge in [-0.05, 0) is 99.7 Å². The fourth-order valence-corrected chi connectivity index (χ4v) is 13.0. The molecule has 72 heavy (non-hydrogen) atoms. The van der Waals surface area contributed by atoms with Crippen LogP contribution >= 0.6 is 0 Å². The van der Waals surface area contributed by atoms with Gasteiger partial charge in [0.1, 0.15) is 6.29 Å². The first kappa shape index (κ1) is 54.5. The standard InChI is InChI=1S/C32H41NO2Si.C32H39NO2Si/c2*1-31(2,3)36(4,5)35-30-21-23-33(25-26(30)22-24-34)32(27-15-9-6-10-16-27,28-17-11-7-12-18-28)29-19-13-8-14-20-29/h6-20,22,30,34H,21,23-25H2,1-5H3;6-20,22,24,30H,21,23,25H2,1-5H3/b2*26-22+. The first-order valence-electron chi connectivity index (χ1n) is 26.0. The maximum atomic E-state index is 11.8. The molecule has 0 bridgehead atoms. The van der Waals surface area contributed by atoms with Gasteiger partial charge in [0.25, 0.3) is 0 Å². The van der Waals surface area contributed by atoms with Gasteiger partial charge in [-0.25, -0.2) is 0 Å². The summed E-state index contributed by atoms with van der Waals surface area (Å²) < 4.78 is 13.8. The van der Waals surface area contributed by atoms with Crippen LogP contribution in [0.15, 0.2) is 205 Å². The number of hydrogen-bond acceptors (Lipinski definition) is 6. The summed E-state index contributed by atoms with van der Waals surface area (Å²) in [5, 5.41) is 10.2. The Labute approximate surface area is 434 Å². The molecule has 378 valence electrons. The lowest BCUT2D eigenvalue weighted by Gasteiger charge is -2.50. The number of benzene rings is 6. The monoisotopic (exact) mass is 997 g/mol. The predicted molar refractivity (Wildman–Crippen MR) is 304 cm³/mol. The Morgan fingerprint density at radius 3 is 0.986 bits per heavy atom. The molecule has 0 spiro atoms. The zero-order chi connectivity index (χ0) is 51.6. The van der Waals surface area contributed by atoms with Crippen LogP contribution in [0.5, 0.6) is 0 Å². The molecular formula is C64H80N2O4Si2. The molecule has 6 aromatic rings. The van der Waals surface area contributed by atoms with Crippen LogP contribution < -0.4 is 0 Å². The van der Waals surface area contributed by atoms with Crippen molar-refractivity contribution in [1.82, 2.24) is 9.80 Å². The highest BCUT2D eigenvalue weighted by molar-refractivity contribution is 6.74. The number of aldehydes is 1. The van der Waals surface area contributed by atoms with Crippen molar-refractivity contribution in [3.05, 3.63) is 239 Å². The Morgan fingerprint density at radius 1 is 0.472 bits per heavy atom. The van der Waals surface area contributed by atoms with Crippen molar-refractivity contribution in [2.45, 2.75) is 114 Å². The van der Waals surface area contributed by atoms with Crippen LogP contribution in [0.1, 0.15) is 87.8 Å². The maximum absolute atomic E-state index is 11.8. The van der Waals surface area contributed by atoms with Gasteiger partial charge >= 0.3 is 0 Å². The molecule has 2 heterocycles. The van der Waals surface area contributed by atoms with Crippen LogP contribution in [0.2, 0.25) is 36.3 Å². The van der Waals surface area contributed by atoms with E-state index >= 15 is 0 Å². The molecule has 0 saturated carbocycles. The molecular weight excluding hydrogens is 917 g/mol. The van der Waals surface area contributed by atoms with Crippen molar-refractivity contribution >= 4 is 22.9 Å². The smallest absolute Gasteiger partial charge is 0.192 e. The highest BCUT2D eigenvalue weighted by atomic mass is 28.4. The molecule has 0 radical (unpaired) electrons. The van der Waals surface area contributed by atoms with Crippen molar-refractivity contribution in [3.8, 4) is 0 Å². The first-order valence-corrected chi connectivity index (χ1v) is 31.8. The summed E-state index contributed by atoms with van der Waals surface area (Å²) in [6, 6.07) is 64.8. The molecule has 2 fully saturated rings. The fourth-order valence-electron chi connectivity index (χ4n) is 10.4. The van der Waals surface area contributed by atoms with E-state index in [2.05, 4.69) is 260 Å². The van der Waals surface area contributed by atoms with Gasteiger partial charge in [0.15, 0.2) is 16.6 Å². The fraction of sp³-hybridized carbons (Fsp3) is 0.359. The molecule has 8 rings (SSSR count). The van der Waals surface area contributed by atoms with Crippen LogP contribution in [0.25, 0.3) is 0 Å². The molecule has 2 atom stereocenters. The number of carbonyl (C=O) groups excluding carboxylic acids is 1. The van der Waals surface area contributed by atoms with E-state index in [9.17, 15) is 9.90 Å². The van der Waals surface area contributed by atoms with Gasteiger partial charge < -0.3 is 14.0 Å². The summed E-state index contributed by atoms with van der Waals surface area (Å²) in [5.74, 6) is 0. The number of rotatable bonds is 14. The van der Waals surface area contributed by atoms with E-state index in [0.29, 0.717) is 6.54 Å². The SMILES string of the molecule is CC(C)(C)[Si](C)(C)OC1CCN(C(c2ccccc2)(c2ccccc2)c2ccccc2)C/C1=C\C=O.CC(C)(C)[Si](C)(C)OC1CCN(C(c2ccccc2)(c2ccccc2)c2ccccc2)C/C1=C\CO. The van der Waals surface area contributed by atoms with Crippen LogP contribution in [0.4, 0.5) is 0 Å². The predicted octanol–water partition coefficient (Wildman–Crippen LogP) is 14.2. The number of likely N-dealkylation sites (tertiary alicyclic amines) is 2. The van der Waals surface area contributed by atoms with Gasteiger partial charge in [0, 0.05) is 26.2 Å². The highest BCUT2D eigenvalue weighted by Gasteiger charge is 2.48. The topological polar surface area (TPSA) is 62.2 Å². The normalized spacial score (nSPS) is 18.9. The number of hydrogen-bond donors (Lipinski definition) is 1. The zero-order valence-corrected chi connectivity index (χ0v) is 46.7. The van der Waals surface area contributed by atoms with Gasteiger partial charge in [0.2, 0.25) is 0 Å². The third-order valence-corrected chi connectivity index (χ3v) is 25.1. The van der Waals surface area contributed by atoms with Crippen LogP contribution in [-0.4, -0.2) is 82.8 Å². The Balaban J connectivity index is 0.000000211. The lowest BCUT2D eigenvalue weighted by atomic mass is 9.74. The quantitative estimate of drug-likeness (QED) is 0.0386. The summed E-state index contributed by atoms with van der Waals surface area (Å²) >= 11 is 0. The van der Waals surface area contributed by atoms with E-state index < -0.39 is 27.7 Å². The van der Waals surface area contributed by atoms with E-state index in [1.165, 1.54) is 39.0 Å². The molecule has 1 N–H and O–H groups in total. The highest BCUT2D eigenvalue weighted by Crippen LogP contribution is 2.48. The van der Waals surface area contributed by atoms with E-state index in [-0.39, 0.29) is 28.9 Å². The second-order valence-corrected chi connectivity index (χ2v) is 32.1. The second-order valence-electron chi connectivity index (χ2n) is 22.6. The number of allylic oxidation sites excluding steroid dienone is 1. The number of aliphatic hydroxyl groups is 1. The summed E-state index contributed by atoms with van der Waals surface area (Å²) in [6.45, 7) is 26.0. The van der Waals surface area contributed by atoms with Gasteiger partial charge in [-0.2, -0.15) is 0 Å². The average molecular weight is 998 g/mol. The molecule has 0 amide bonds. The minimum atomic E-state index is -2.00. The summed E-state index contributed by atoms with van der Waals surface area (Å²) in [4.78, 5) is 16.9. The molecule has 6 nitrogen and oxygen atoms in total. The Kier molecular flexibility index (Phi) is 17.6. The molecule has 2 unspecified atom stereocenters. The molecule has 0 aliphatic carbocycles. The van der Waals surface area contributed by atoms with Crippen molar-refractivity contribution in [3.63, 3.8) is 0 Å². The van der Waals surface area contributed by atoms with Crippen molar-refractivity contribution in [1.29, 1.82) is 0 Å². The molecule has 0 aromatic heterocycles. The van der Waals surface area contributed by atoms with Crippen LogP contribution in [0.3, 0.4) is 0 Å². The van der Waals surface area contributed by atoms with E-state index in [0.717, 1.165) is 44.3 Å². The van der Waals surface area contributed by atoms with E-state index in [4.69, 9.17) is 8.85 Å². The first-order chi connectivity index (χ1) is 34.4. The van der Waals surface area contributed by atoms with E-state index in [1.807, 2.05) is 6.08 Å². The summed E-state index contributed by atoms with van der Waals surface area (Å²) in [6.07, 6.45) is 6.40. The van der Waals surface area contributed by atoms with E-state index in [1.54, 1.807) is 6.08 Å². The van der Waals surface area contributed by atoms with Crippen molar-refractivity contribution in [2.24, 2.45) is 0 Å². The second kappa shape index (κ2) is 23.3. The third kappa shape index (κ3) is 11.6. The minimum Gasteiger partial charge on any atom is -0.410 e. The summed E-state index contributed by atoms with van der Waals surface area (Å²) in [5.41, 5.74) is 8.69. The molecule has 6 aromatic carbocycles. The third-order valence-electron chi connectivity index (χ3n) is 16.1. The number of nitrogens with zero attached hydrogens (tertiary/aromatic N) is 2. The van der Waals surface area contributed by atoms with Gasteiger partial charge in [-0.15, -0.1) is 0 Å². The van der Waals surface area contributed by atoms with Crippen LogP contribution in [0, 0.1) is 0 Å². The lowest BCUT2D eigenvalue weighted by Crippen LogP contribution is -2.55. The Morgan fingerprint density at radius 2 is 0.736 bits per heavy atom. The Hall–Kier alpha value is -5.30.